The molecule has 7 nitrogen and oxygen atoms in total. The van der Waals surface area contributed by atoms with Crippen molar-refractivity contribution in [3.8, 4) is 11.5 Å². The Kier molecular flexibility index (Phi) is 5.91. The molecule has 2 aromatic carbocycles. The van der Waals surface area contributed by atoms with Gasteiger partial charge in [-0.3, -0.25) is 9.59 Å². The standard InChI is InChI=1S/C28H25NO6/c1-4-12-34-22-11-9-18(15-23(22)32-5-2)25-24-26(30)20-14-17(3)8-10-21(20)35-27(24)28(31)29(25)16-19-7-6-13-33-19/h4,6-11,13-15,25H,1,5,12,16H2,2-3H3/t25-/m0/s1. The maximum absolute atomic E-state index is 13.7. The van der Waals surface area contributed by atoms with Crippen LogP contribution in [0.2, 0.25) is 0 Å². The summed E-state index contributed by atoms with van der Waals surface area (Å²) in [6.07, 6.45) is 3.20. The summed E-state index contributed by atoms with van der Waals surface area (Å²) in [5, 5.41) is 0.442. The van der Waals surface area contributed by atoms with Gasteiger partial charge in [0.05, 0.1) is 36.4 Å². The van der Waals surface area contributed by atoms with Crippen molar-refractivity contribution in [3.63, 3.8) is 0 Å². The first kappa shape index (κ1) is 22.5. The number of carbonyl (C=O) groups excluding carboxylic acids is 1. The maximum Gasteiger partial charge on any atom is 0.291 e. The van der Waals surface area contributed by atoms with E-state index >= 15 is 0 Å². The molecule has 0 unspecified atom stereocenters. The van der Waals surface area contributed by atoms with Gasteiger partial charge in [0.2, 0.25) is 5.76 Å². The van der Waals surface area contributed by atoms with Crippen LogP contribution < -0.4 is 14.9 Å². The number of carbonyl (C=O) groups is 1. The predicted molar refractivity (Wildman–Crippen MR) is 131 cm³/mol. The van der Waals surface area contributed by atoms with Gasteiger partial charge in [-0.15, -0.1) is 0 Å². The third-order valence-electron chi connectivity index (χ3n) is 5.97. The number of nitrogens with zero attached hydrogens (tertiary/aromatic N) is 1. The van der Waals surface area contributed by atoms with E-state index in [4.69, 9.17) is 18.3 Å². The maximum atomic E-state index is 13.7. The summed E-state index contributed by atoms with van der Waals surface area (Å²) < 4.78 is 23.1. The molecule has 1 aliphatic rings. The van der Waals surface area contributed by atoms with Crippen molar-refractivity contribution >= 4 is 16.9 Å². The number of furan rings is 1. The Morgan fingerprint density at radius 3 is 2.69 bits per heavy atom. The Morgan fingerprint density at radius 1 is 1.09 bits per heavy atom. The number of hydrogen-bond acceptors (Lipinski definition) is 6. The molecule has 1 atom stereocenters. The first-order chi connectivity index (χ1) is 17.0. The van der Waals surface area contributed by atoms with Crippen molar-refractivity contribution < 1.29 is 23.1 Å². The van der Waals surface area contributed by atoms with Gasteiger partial charge in [0.25, 0.3) is 5.91 Å². The molecule has 7 heteroatoms. The van der Waals surface area contributed by atoms with E-state index in [0.29, 0.717) is 52.6 Å². The Morgan fingerprint density at radius 2 is 1.94 bits per heavy atom. The van der Waals surface area contributed by atoms with Gasteiger partial charge in [-0.25, -0.2) is 0 Å². The number of hydrogen-bond donors (Lipinski definition) is 0. The van der Waals surface area contributed by atoms with Crippen LogP contribution in [-0.2, 0) is 6.54 Å². The van der Waals surface area contributed by atoms with Crippen molar-refractivity contribution in [3.05, 3.63) is 106 Å². The highest BCUT2D eigenvalue weighted by Crippen LogP contribution is 2.41. The zero-order chi connectivity index (χ0) is 24.5. The Hall–Kier alpha value is -4.26. The van der Waals surface area contributed by atoms with Crippen LogP contribution in [0.1, 0.15) is 46.0 Å². The molecule has 0 N–H and O–H groups in total. The lowest BCUT2D eigenvalue weighted by atomic mass is 9.97. The summed E-state index contributed by atoms with van der Waals surface area (Å²) in [4.78, 5) is 28.9. The van der Waals surface area contributed by atoms with Gasteiger partial charge in [-0.1, -0.05) is 30.4 Å². The number of rotatable bonds is 8. The van der Waals surface area contributed by atoms with Crippen molar-refractivity contribution in [1.82, 2.24) is 4.90 Å². The molecule has 3 heterocycles. The van der Waals surface area contributed by atoms with Crippen molar-refractivity contribution in [1.29, 1.82) is 0 Å². The van der Waals surface area contributed by atoms with E-state index in [0.717, 1.165) is 5.56 Å². The number of benzene rings is 2. The highest BCUT2D eigenvalue weighted by molar-refractivity contribution is 5.99. The molecule has 1 aliphatic heterocycles. The fraction of sp³-hybridized carbons (Fsp3) is 0.214. The number of amides is 1. The van der Waals surface area contributed by atoms with Crippen LogP contribution in [0.25, 0.3) is 11.0 Å². The highest BCUT2D eigenvalue weighted by atomic mass is 16.5. The second-order valence-corrected chi connectivity index (χ2v) is 8.33. The highest BCUT2D eigenvalue weighted by Gasteiger charge is 2.43. The topological polar surface area (TPSA) is 82.1 Å². The minimum absolute atomic E-state index is 0.0489. The molecule has 5 rings (SSSR count). The summed E-state index contributed by atoms with van der Waals surface area (Å²) in [6, 6.07) is 13.7. The van der Waals surface area contributed by atoms with Crippen LogP contribution in [0, 0.1) is 6.92 Å². The zero-order valence-electron chi connectivity index (χ0n) is 19.6. The molecule has 0 fully saturated rings. The molecule has 35 heavy (non-hydrogen) atoms. The zero-order valence-corrected chi connectivity index (χ0v) is 19.6. The van der Waals surface area contributed by atoms with E-state index in [1.807, 2.05) is 32.0 Å². The van der Waals surface area contributed by atoms with Crippen molar-refractivity contribution in [2.45, 2.75) is 26.4 Å². The van der Waals surface area contributed by atoms with Crippen molar-refractivity contribution in [2.24, 2.45) is 0 Å². The molecule has 0 spiro atoms. The molecule has 1 amide bonds. The van der Waals surface area contributed by atoms with Crippen molar-refractivity contribution in [2.75, 3.05) is 13.2 Å². The largest absolute Gasteiger partial charge is 0.490 e. The lowest BCUT2D eigenvalue weighted by Crippen LogP contribution is -2.29. The van der Waals surface area contributed by atoms with Crippen LogP contribution in [0.3, 0.4) is 0 Å². The fourth-order valence-corrected chi connectivity index (χ4v) is 4.45. The van der Waals surface area contributed by atoms with Crippen LogP contribution in [0.4, 0.5) is 0 Å². The third-order valence-corrected chi connectivity index (χ3v) is 5.97. The van der Waals surface area contributed by atoms with Gasteiger partial charge in [0.1, 0.15) is 18.0 Å². The summed E-state index contributed by atoms with van der Waals surface area (Å²) in [7, 11) is 0. The fourth-order valence-electron chi connectivity index (χ4n) is 4.45. The normalized spacial score (nSPS) is 14.9. The van der Waals surface area contributed by atoms with E-state index in [-0.39, 0.29) is 23.6 Å². The lowest BCUT2D eigenvalue weighted by molar-refractivity contribution is 0.0701. The average Bonchev–Trinajstić information content (AvgIpc) is 3.46. The first-order valence-electron chi connectivity index (χ1n) is 11.4. The molecule has 0 saturated carbocycles. The monoisotopic (exact) mass is 471 g/mol. The molecule has 0 aliphatic carbocycles. The number of fused-ring (bicyclic) bond motifs is 2. The van der Waals surface area contributed by atoms with Gasteiger partial charge >= 0.3 is 0 Å². The van der Waals surface area contributed by atoms with E-state index in [2.05, 4.69) is 6.58 Å². The van der Waals surface area contributed by atoms with Gasteiger partial charge in [0.15, 0.2) is 16.9 Å². The smallest absolute Gasteiger partial charge is 0.291 e. The minimum Gasteiger partial charge on any atom is -0.490 e. The number of ether oxygens (including phenoxy) is 2. The minimum atomic E-state index is -0.684. The summed E-state index contributed by atoms with van der Waals surface area (Å²) >= 11 is 0. The van der Waals surface area contributed by atoms with Gasteiger partial charge in [-0.2, -0.15) is 0 Å². The molecule has 178 valence electrons. The number of aryl methyl sites for hydroxylation is 1. The molecule has 0 radical (unpaired) electrons. The van der Waals surface area contributed by atoms with Crippen LogP contribution in [0.15, 0.2) is 81.1 Å². The van der Waals surface area contributed by atoms with Gasteiger partial charge in [-0.05, 0) is 55.8 Å². The molecular formula is C28H25NO6. The quantitative estimate of drug-likeness (QED) is 0.320. The summed E-state index contributed by atoms with van der Waals surface area (Å²) in [5.74, 6) is 1.35. The van der Waals surface area contributed by atoms with Gasteiger partial charge < -0.3 is 23.2 Å². The second-order valence-electron chi connectivity index (χ2n) is 8.33. The van der Waals surface area contributed by atoms with E-state index in [9.17, 15) is 9.59 Å². The van der Waals surface area contributed by atoms with E-state index < -0.39 is 6.04 Å². The SMILES string of the molecule is C=CCOc1ccc([C@H]2c3c(oc4ccc(C)cc4c3=O)C(=O)N2Cc2ccco2)cc1OCC. The van der Waals surface area contributed by atoms with E-state index in [1.54, 1.807) is 47.6 Å². The molecule has 4 aromatic rings. The molecule has 2 aromatic heterocycles. The average molecular weight is 472 g/mol. The van der Waals surface area contributed by atoms with E-state index in [1.165, 1.54) is 0 Å². The summed E-state index contributed by atoms with van der Waals surface area (Å²) in [5.41, 5.74) is 2.10. The Balaban J connectivity index is 1.70. The summed E-state index contributed by atoms with van der Waals surface area (Å²) in [6.45, 7) is 8.40. The lowest BCUT2D eigenvalue weighted by Gasteiger charge is -2.25. The second kappa shape index (κ2) is 9.18. The predicted octanol–water partition coefficient (Wildman–Crippen LogP) is 5.40. The van der Waals surface area contributed by atoms with Crippen LogP contribution in [-0.4, -0.2) is 24.0 Å². The first-order valence-corrected chi connectivity index (χ1v) is 11.4. The molecular weight excluding hydrogens is 446 g/mol. The molecule has 0 saturated heterocycles. The van der Waals surface area contributed by atoms with Crippen LogP contribution >= 0.6 is 0 Å². The van der Waals surface area contributed by atoms with Gasteiger partial charge in [0, 0.05) is 0 Å². The third kappa shape index (κ3) is 3.99. The van der Waals surface area contributed by atoms with Crippen LogP contribution in [0.5, 0.6) is 11.5 Å². The molecule has 0 bridgehead atoms. The Labute approximate surface area is 202 Å². The Bertz CT molecular complexity index is 1470.